The van der Waals surface area contributed by atoms with Crippen LogP contribution in [0.25, 0.3) is 0 Å². The van der Waals surface area contributed by atoms with Crippen molar-refractivity contribution in [3.8, 4) is 5.75 Å². The van der Waals surface area contributed by atoms with Gasteiger partial charge in [0.15, 0.2) is 11.8 Å². The Morgan fingerprint density at radius 2 is 1.73 bits per heavy atom. The summed E-state index contributed by atoms with van der Waals surface area (Å²) < 4.78 is 54.2. The number of para-hydroxylation sites is 1. The molecule has 4 unspecified atom stereocenters. The highest BCUT2D eigenvalue weighted by atomic mass is 19.4. The smallest absolute Gasteiger partial charge is 0.421 e. The predicted octanol–water partition coefficient (Wildman–Crippen LogP) is 7.22. The second-order valence-electron chi connectivity index (χ2n) is 12.0. The second-order valence-corrected chi connectivity index (χ2v) is 12.0. The number of benzene rings is 2. The lowest BCUT2D eigenvalue weighted by atomic mass is 9.76. The number of hydrogen-bond acceptors (Lipinski definition) is 4. The van der Waals surface area contributed by atoms with Crippen molar-refractivity contribution in [2.45, 2.75) is 101 Å². The summed E-state index contributed by atoms with van der Waals surface area (Å²) in [7, 11) is 0. The van der Waals surface area contributed by atoms with E-state index in [9.17, 15) is 18.0 Å². The summed E-state index contributed by atoms with van der Waals surface area (Å²) in [6.45, 7) is 6.43. The Bertz CT molecular complexity index is 1180. The minimum absolute atomic E-state index is 0.0304. The Morgan fingerprint density at radius 1 is 1.05 bits per heavy atom. The number of carbonyl (C=O) groups is 1. The first-order chi connectivity index (χ1) is 19.0. The quantitative estimate of drug-likeness (QED) is 0.335. The van der Waals surface area contributed by atoms with E-state index in [1.165, 1.54) is 24.5 Å². The van der Waals surface area contributed by atoms with Crippen LogP contribution in [0.5, 0.6) is 5.75 Å². The summed E-state index contributed by atoms with van der Waals surface area (Å²) in [5.74, 6) is 0.941. The zero-order valence-corrected chi connectivity index (χ0v) is 23.4. The Balaban J connectivity index is 1.37. The van der Waals surface area contributed by atoms with Gasteiger partial charge in [-0.15, -0.1) is 0 Å². The van der Waals surface area contributed by atoms with Crippen LogP contribution in [-0.4, -0.2) is 36.6 Å². The molecule has 5 rings (SSSR count). The van der Waals surface area contributed by atoms with E-state index in [1.54, 1.807) is 18.2 Å². The average molecular weight is 560 g/mol. The average Bonchev–Trinajstić information content (AvgIpc) is 3.42. The lowest BCUT2D eigenvalue weighted by Gasteiger charge is -2.48. The molecule has 40 heavy (non-hydrogen) atoms. The van der Waals surface area contributed by atoms with Gasteiger partial charge in [0.2, 0.25) is 0 Å². The maximum Gasteiger partial charge on any atom is 0.421 e. The van der Waals surface area contributed by atoms with Crippen LogP contribution < -0.4 is 20.7 Å². The van der Waals surface area contributed by atoms with E-state index >= 15 is 0 Å². The molecule has 1 saturated carbocycles. The van der Waals surface area contributed by atoms with Crippen molar-refractivity contribution in [3.63, 3.8) is 0 Å². The highest BCUT2D eigenvalue weighted by Crippen LogP contribution is 2.53. The van der Waals surface area contributed by atoms with Crippen LogP contribution in [0.4, 0.5) is 23.7 Å². The Kier molecular flexibility index (Phi) is 8.08. The van der Waals surface area contributed by atoms with Gasteiger partial charge < -0.3 is 20.1 Å². The Labute approximate surface area is 234 Å². The SMILES string of the molecule is CC(C)c1ccc(NC(=O)NC2CCC(C)(C3CCCC3)NC2Oc2ccccc2C2(C(F)(F)F)CCO2)cc1. The van der Waals surface area contributed by atoms with Crippen LogP contribution in [0.1, 0.15) is 82.8 Å². The normalized spacial score (nSPS) is 29.2. The molecule has 2 aromatic rings. The second kappa shape index (κ2) is 11.2. The van der Waals surface area contributed by atoms with Crippen LogP contribution in [0.15, 0.2) is 48.5 Å². The molecule has 0 spiro atoms. The van der Waals surface area contributed by atoms with Gasteiger partial charge in [-0.3, -0.25) is 5.32 Å². The number of halogens is 3. The maximum atomic E-state index is 14.2. The van der Waals surface area contributed by atoms with E-state index in [1.807, 2.05) is 24.3 Å². The van der Waals surface area contributed by atoms with E-state index in [0.29, 0.717) is 23.9 Å². The van der Waals surface area contributed by atoms with Crippen LogP contribution in [0.2, 0.25) is 0 Å². The van der Waals surface area contributed by atoms with E-state index in [0.717, 1.165) is 19.3 Å². The number of rotatable bonds is 7. The number of ether oxygens (including phenoxy) is 2. The van der Waals surface area contributed by atoms with Crippen molar-refractivity contribution < 1.29 is 27.4 Å². The highest BCUT2D eigenvalue weighted by Gasteiger charge is 2.62. The van der Waals surface area contributed by atoms with Gasteiger partial charge in [-0.25, -0.2) is 4.79 Å². The van der Waals surface area contributed by atoms with Crippen molar-refractivity contribution in [2.75, 3.05) is 11.9 Å². The monoisotopic (exact) mass is 559 g/mol. The summed E-state index contributed by atoms with van der Waals surface area (Å²) in [6, 6.07) is 13.1. The molecule has 3 aliphatic rings. The number of nitrogens with one attached hydrogen (secondary N) is 3. The van der Waals surface area contributed by atoms with Crippen LogP contribution in [0.3, 0.4) is 0 Å². The summed E-state index contributed by atoms with van der Waals surface area (Å²) in [5, 5.41) is 9.54. The third-order valence-corrected chi connectivity index (χ3v) is 9.06. The fourth-order valence-corrected chi connectivity index (χ4v) is 6.47. The molecule has 0 bridgehead atoms. The molecule has 2 saturated heterocycles. The van der Waals surface area contributed by atoms with E-state index < -0.39 is 24.0 Å². The lowest BCUT2D eigenvalue weighted by molar-refractivity contribution is -0.334. The third-order valence-electron chi connectivity index (χ3n) is 9.06. The summed E-state index contributed by atoms with van der Waals surface area (Å²) in [5.41, 5.74) is -0.815. The molecule has 0 aromatic heterocycles. The third kappa shape index (κ3) is 5.68. The standard InChI is InChI=1S/C31H40F3N3O3/c1-20(2)21-12-14-23(15-13-21)35-28(38)36-25-16-17-29(3,22-8-4-5-9-22)37-27(25)40-26-11-7-6-10-24(26)30(18-19-39-30)31(32,33)34/h6-7,10-15,20,22,25,27,37H,4-5,8-9,16-19H2,1-3H3,(H2,35,36,38). The lowest BCUT2D eigenvalue weighted by Crippen LogP contribution is -2.66. The van der Waals surface area contributed by atoms with Gasteiger partial charge in [-0.2, -0.15) is 13.2 Å². The minimum Gasteiger partial charge on any atom is -0.473 e. The molecule has 218 valence electrons. The molecule has 3 fully saturated rings. The van der Waals surface area contributed by atoms with Gasteiger partial charge in [-0.05, 0) is 68.2 Å². The topological polar surface area (TPSA) is 71.6 Å². The van der Waals surface area contributed by atoms with Gasteiger partial charge >= 0.3 is 12.2 Å². The minimum atomic E-state index is -4.58. The summed E-state index contributed by atoms with van der Waals surface area (Å²) >= 11 is 0. The first-order valence-electron chi connectivity index (χ1n) is 14.4. The van der Waals surface area contributed by atoms with Crippen LogP contribution >= 0.6 is 0 Å². The molecule has 4 atom stereocenters. The van der Waals surface area contributed by atoms with Crippen molar-refractivity contribution in [2.24, 2.45) is 5.92 Å². The molecular formula is C31H40F3N3O3. The van der Waals surface area contributed by atoms with Gasteiger partial charge in [0.25, 0.3) is 0 Å². The van der Waals surface area contributed by atoms with Crippen molar-refractivity contribution in [3.05, 3.63) is 59.7 Å². The molecule has 9 heteroatoms. The first-order valence-corrected chi connectivity index (χ1v) is 14.4. The van der Waals surface area contributed by atoms with Crippen molar-refractivity contribution in [1.29, 1.82) is 0 Å². The van der Waals surface area contributed by atoms with Gasteiger partial charge in [-0.1, -0.05) is 57.0 Å². The van der Waals surface area contributed by atoms with E-state index in [2.05, 4.69) is 36.7 Å². The first kappa shape index (κ1) is 28.7. The zero-order chi connectivity index (χ0) is 28.5. The Morgan fingerprint density at radius 3 is 2.33 bits per heavy atom. The van der Waals surface area contributed by atoms with Gasteiger partial charge in [0.1, 0.15) is 5.75 Å². The summed E-state index contributed by atoms with van der Waals surface area (Å²) in [4.78, 5) is 13.1. The number of urea groups is 1. The number of piperidine rings is 1. The molecule has 6 nitrogen and oxygen atoms in total. The van der Waals surface area contributed by atoms with Crippen molar-refractivity contribution >= 4 is 11.7 Å². The number of anilines is 1. The molecule has 3 N–H and O–H groups in total. The molecule has 2 heterocycles. The van der Waals surface area contributed by atoms with E-state index in [4.69, 9.17) is 9.47 Å². The van der Waals surface area contributed by atoms with E-state index in [-0.39, 0.29) is 35.9 Å². The Hall–Kier alpha value is -2.78. The molecule has 2 amide bonds. The molecule has 2 aliphatic heterocycles. The number of carbonyl (C=O) groups excluding carboxylic acids is 1. The van der Waals surface area contributed by atoms with Crippen molar-refractivity contribution in [1.82, 2.24) is 10.6 Å². The molecule has 2 aromatic carbocycles. The molecule has 1 aliphatic carbocycles. The van der Waals surface area contributed by atoms with Gasteiger partial charge in [0, 0.05) is 23.2 Å². The number of hydrogen-bond donors (Lipinski definition) is 3. The van der Waals surface area contributed by atoms with Crippen LogP contribution in [0, 0.1) is 5.92 Å². The van der Waals surface area contributed by atoms with Gasteiger partial charge in [0.05, 0.1) is 12.6 Å². The fraction of sp³-hybridized carbons (Fsp3) is 0.581. The largest absolute Gasteiger partial charge is 0.473 e. The zero-order valence-electron chi connectivity index (χ0n) is 23.4. The molecular weight excluding hydrogens is 519 g/mol. The highest BCUT2D eigenvalue weighted by molar-refractivity contribution is 5.89. The maximum absolute atomic E-state index is 14.2. The number of alkyl halides is 3. The fourth-order valence-electron chi connectivity index (χ4n) is 6.47. The summed E-state index contributed by atoms with van der Waals surface area (Å²) in [6.07, 6.45) is 0.533. The number of amides is 2. The molecule has 0 radical (unpaired) electrons. The predicted molar refractivity (Wildman–Crippen MR) is 148 cm³/mol. The van der Waals surface area contributed by atoms with Crippen LogP contribution in [-0.2, 0) is 10.3 Å².